The van der Waals surface area contributed by atoms with E-state index in [9.17, 15) is 0 Å². The summed E-state index contributed by atoms with van der Waals surface area (Å²) in [5.74, 6) is 2.00. The largest absolute Gasteiger partial charge is 0.483 e. The van der Waals surface area contributed by atoms with Crippen molar-refractivity contribution in [2.75, 3.05) is 0 Å². The standard InChI is InChI=1S/C17H15NO2/c1-17(2)10-12-7-5-9-15(16(12)20-17)19-14-8-4-3-6-13(14)11-18/h3-9H,10H2,1-2H3. The van der Waals surface area contributed by atoms with Gasteiger partial charge in [0.1, 0.15) is 17.4 Å². The highest BCUT2D eigenvalue weighted by Gasteiger charge is 2.32. The molecule has 0 N–H and O–H groups in total. The Morgan fingerprint density at radius 1 is 1.10 bits per heavy atom. The summed E-state index contributed by atoms with van der Waals surface area (Å²) in [5, 5.41) is 9.11. The lowest BCUT2D eigenvalue weighted by Crippen LogP contribution is -2.24. The highest BCUT2D eigenvalue weighted by Crippen LogP contribution is 2.43. The molecule has 3 heteroatoms. The van der Waals surface area contributed by atoms with E-state index >= 15 is 0 Å². The second kappa shape index (κ2) is 4.57. The highest BCUT2D eigenvalue weighted by molar-refractivity contribution is 5.53. The Morgan fingerprint density at radius 2 is 1.85 bits per heavy atom. The molecule has 0 spiro atoms. The number of nitriles is 1. The summed E-state index contributed by atoms with van der Waals surface area (Å²) in [6.07, 6.45) is 0.861. The first-order valence-electron chi connectivity index (χ1n) is 6.57. The number of hydrogen-bond donors (Lipinski definition) is 0. The maximum Gasteiger partial charge on any atom is 0.169 e. The van der Waals surface area contributed by atoms with E-state index in [1.165, 1.54) is 0 Å². The molecule has 0 unspecified atom stereocenters. The van der Waals surface area contributed by atoms with E-state index in [0.29, 0.717) is 17.1 Å². The van der Waals surface area contributed by atoms with Gasteiger partial charge in [-0.25, -0.2) is 0 Å². The smallest absolute Gasteiger partial charge is 0.169 e. The van der Waals surface area contributed by atoms with Crippen molar-refractivity contribution >= 4 is 0 Å². The summed E-state index contributed by atoms with van der Waals surface area (Å²) in [6, 6.07) is 15.2. The number of nitrogens with zero attached hydrogens (tertiary/aromatic N) is 1. The second-order valence-corrected chi connectivity index (χ2v) is 5.49. The Kier molecular flexibility index (Phi) is 2.87. The monoisotopic (exact) mass is 265 g/mol. The fourth-order valence-corrected chi connectivity index (χ4v) is 2.43. The molecule has 2 aromatic rings. The van der Waals surface area contributed by atoms with E-state index in [0.717, 1.165) is 17.7 Å². The van der Waals surface area contributed by atoms with Crippen molar-refractivity contribution in [3.05, 3.63) is 53.6 Å². The van der Waals surface area contributed by atoms with Crippen molar-refractivity contribution in [1.29, 1.82) is 5.26 Å². The molecule has 0 saturated heterocycles. The Bertz CT molecular complexity index is 698. The van der Waals surface area contributed by atoms with Crippen LogP contribution >= 0.6 is 0 Å². The van der Waals surface area contributed by atoms with Gasteiger partial charge >= 0.3 is 0 Å². The molecule has 0 bridgehead atoms. The molecule has 2 aromatic carbocycles. The molecular formula is C17H15NO2. The molecule has 0 saturated carbocycles. The molecule has 100 valence electrons. The summed E-state index contributed by atoms with van der Waals surface area (Å²) in [5.41, 5.74) is 1.44. The lowest BCUT2D eigenvalue weighted by molar-refractivity contribution is 0.135. The van der Waals surface area contributed by atoms with E-state index in [4.69, 9.17) is 14.7 Å². The van der Waals surface area contributed by atoms with Crippen molar-refractivity contribution < 1.29 is 9.47 Å². The second-order valence-electron chi connectivity index (χ2n) is 5.49. The van der Waals surface area contributed by atoms with E-state index < -0.39 is 0 Å². The van der Waals surface area contributed by atoms with Gasteiger partial charge in [0.15, 0.2) is 11.5 Å². The minimum atomic E-state index is -0.212. The normalized spacial score (nSPS) is 15.1. The van der Waals surface area contributed by atoms with Crippen LogP contribution in [-0.4, -0.2) is 5.60 Å². The fraction of sp³-hybridized carbons (Fsp3) is 0.235. The zero-order chi connectivity index (χ0) is 14.2. The highest BCUT2D eigenvalue weighted by atomic mass is 16.5. The number of hydrogen-bond acceptors (Lipinski definition) is 3. The van der Waals surface area contributed by atoms with Crippen molar-refractivity contribution in [3.8, 4) is 23.3 Å². The lowest BCUT2D eigenvalue weighted by Gasteiger charge is -2.18. The molecule has 20 heavy (non-hydrogen) atoms. The van der Waals surface area contributed by atoms with Gasteiger partial charge in [0, 0.05) is 12.0 Å². The van der Waals surface area contributed by atoms with E-state index in [2.05, 4.69) is 19.9 Å². The van der Waals surface area contributed by atoms with E-state index in [1.54, 1.807) is 12.1 Å². The van der Waals surface area contributed by atoms with Crippen LogP contribution in [0.15, 0.2) is 42.5 Å². The van der Waals surface area contributed by atoms with E-state index in [1.807, 2.05) is 30.3 Å². The lowest BCUT2D eigenvalue weighted by atomic mass is 10.0. The van der Waals surface area contributed by atoms with Gasteiger partial charge in [0.05, 0.1) is 5.56 Å². The first kappa shape index (κ1) is 12.6. The maximum absolute atomic E-state index is 9.11. The molecule has 0 aliphatic carbocycles. The van der Waals surface area contributed by atoms with Crippen LogP contribution in [0.2, 0.25) is 0 Å². The predicted octanol–water partition coefficient (Wildman–Crippen LogP) is 4.06. The average Bonchev–Trinajstić information content (AvgIpc) is 2.74. The first-order chi connectivity index (χ1) is 9.59. The third kappa shape index (κ3) is 2.21. The predicted molar refractivity (Wildman–Crippen MR) is 76.1 cm³/mol. The molecule has 0 aromatic heterocycles. The molecule has 0 atom stereocenters. The van der Waals surface area contributed by atoms with Crippen LogP contribution < -0.4 is 9.47 Å². The molecular weight excluding hydrogens is 250 g/mol. The number of para-hydroxylation sites is 2. The third-order valence-electron chi connectivity index (χ3n) is 3.28. The molecule has 1 heterocycles. The van der Waals surface area contributed by atoms with Crippen molar-refractivity contribution in [3.63, 3.8) is 0 Å². The Balaban J connectivity index is 1.98. The topological polar surface area (TPSA) is 42.2 Å². The van der Waals surface area contributed by atoms with Crippen LogP contribution in [0.1, 0.15) is 25.0 Å². The fourth-order valence-electron chi connectivity index (χ4n) is 2.43. The van der Waals surface area contributed by atoms with Gasteiger partial charge in [-0.3, -0.25) is 0 Å². The summed E-state index contributed by atoms with van der Waals surface area (Å²) < 4.78 is 11.9. The van der Waals surface area contributed by atoms with Gasteiger partial charge in [-0.2, -0.15) is 5.26 Å². The molecule has 3 nitrogen and oxygen atoms in total. The van der Waals surface area contributed by atoms with Gasteiger partial charge in [-0.15, -0.1) is 0 Å². The van der Waals surface area contributed by atoms with Gasteiger partial charge in [-0.05, 0) is 32.0 Å². The van der Waals surface area contributed by atoms with Crippen molar-refractivity contribution in [1.82, 2.24) is 0 Å². The van der Waals surface area contributed by atoms with Crippen LogP contribution in [0.3, 0.4) is 0 Å². The van der Waals surface area contributed by atoms with Crippen LogP contribution in [0.4, 0.5) is 0 Å². The zero-order valence-corrected chi connectivity index (χ0v) is 11.5. The van der Waals surface area contributed by atoms with Gasteiger partial charge in [-0.1, -0.05) is 24.3 Å². The van der Waals surface area contributed by atoms with Crippen LogP contribution in [-0.2, 0) is 6.42 Å². The number of ether oxygens (including phenoxy) is 2. The number of rotatable bonds is 2. The average molecular weight is 265 g/mol. The molecule has 1 aliphatic heterocycles. The summed E-state index contributed by atoms with van der Waals surface area (Å²) in [7, 11) is 0. The molecule has 0 radical (unpaired) electrons. The third-order valence-corrected chi connectivity index (χ3v) is 3.28. The molecule has 0 fully saturated rings. The Morgan fingerprint density at radius 3 is 2.65 bits per heavy atom. The zero-order valence-electron chi connectivity index (χ0n) is 11.5. The quantitative estimate of drug-likeness (QED) is 0.822. The SMILES string of the molecule is CC1(C)Cc2cccc(Oc3ccccc3C#N)c2O1. The molecule has 1 aliphatic rings. The first-order valence-corrected chi connectivity index (χ1v) is 6.57. The summed E-state index contributed by atoms with van der Waals surface area (Å²) in [4.78, 5) is 0. The summed E-state index contributed by atoms with van der Waals surface area (Å²) in [6.45, 7) is 4.11. The van der Waals surface area contributed by atoms with Gasteiger partial charge in [0.2, 0.25) is 0 Å². The minimum Gasteiger partial charge on any atom is -0.483 e. The van der Waals surface area contributed by atoms with Crippen molar-refractivity contribution in [2.24, 2.45) is 0 Å². The van der Waals surface area contributed by atoms with Gasteiger partial charge < -0.3 is 9.47 Å². The molecule has 3 rings (SSSR count). The maximum atomic E-state index is 9.11. The van der Waals surface area contributed by atoms with Crippen LogP contribution in [0.5, 0.6) is 17.2 Å². The minimum absolute atomic E-state index is 0.212. The summed E-state index contributed by atoms with van der Waals surface area (Å²) >= 11 is 0. The number of benzene rings is 2. The Labute approximate surface area is 118 Å². The Hall–Kier alpha value is -2.47. The van der Waals surface area contributed by atoms with Crippen molar-refractivity contribution in [2.45, 2.75) is 25.9 Å². The van der Waals surface area contributed by atoms with E-state index in [-0.39, 0.29) is 5.60 Å². The van der Waals surface area contributed by atoms with Crippen LogP contribution in [0.25, 0.3) is 0 Å². The van der Waals surface area contributed by atoms with Crippen LogP contribution in [0, 0.1) is 11.3 Å². The molecule has 0 amide bonds. The van der Waals surface area contributed by atoms with Gasteiger partial charge in [0.25, 0.3) is 0 Å². The number of fused-ring (bicyclic) bond motifs is 1.